The van der Waals surface area contributed by atoms with Gasteiger partial charge in [0.1, 0.15) is 14.1 Å². The molecule has 4 aromatic heterocycles. The molecule has 4 aromatic rings. The predicted octanol–water partition coefficient (Wildman–Crippen LogP) is 2.33. The molecule has 0 aliphatic heterocycles. The SMILES string of the molecule is C[n+]1ccc(-c2cc[n+](CCC[n+]3ccc(-c4cc[n+](C)cc4)cc3)cc2)cc1. The summed E-state index contributed by atoms with van der Waals surface area (Å²) in [6.07, 6.45) is 18.1. The summed E-state index contributed by atoms with van der Waals surface area (Å²) in [5.41, 5.74) is 5.00. The van der Waals surface area contributed by atoms with Crippen LogP contribution in [0.2, 0.25) is 0 Å². The van der Waals surface area contributed by atoms with E-state index in [9.17, 15) is 0 Å². The molecule has 144 valence electrons. The molecule has 29 heavy (non-hydrogen) atoms. The summed E-state index contributed by atoms with van der Waals surface area (Å²) in [5, 5.41) is 0. The summed E-state index contributed by atoms with van der Waals surface area (Å²) in [5.74, 6) is 0. The van der Waals surface area contributed by atoms with Crippen LogP contribution in [-0.4, -0.2) is 0 Å². The Morgan fingerprint density at radius 2 is 0.724 bits per heavy atom. The fourth-order valence-electron chi connectivity index (χ4n) is 3.42. The first-order chi connectivity index (χ1) is 14.2. The Morgan fingerprint density at radius 1 is 0.448 bits per heavy atom. The van der Waals surface area contributed by atoms with Gasteiger partial charge in [0, 0.05) is 48.5 Å². The second-order valence-corrected chi connectivity index (χ2v) is 7.51. The minimum atomic E-state index is 1.01. The van der Waals surface area contributed by atoms with Gasteiger partial charge >= 0.3 is 0 Å². The summed E-state index contributed by atoms with van der Waals surface area (Å²) in [4.78, 5) is 0. The van der Waals surface area contributed by atoms with E-state index in [1.165, 1.54) is 22.3 Å². The van der Waals surface area contributed by atoms with Gasteiger partial charge in [0.15, 0.2) is 62.7 Å². The molecule has 0 aliphatic carbocycles. The maximum Gasteiger partial charge on any atom is 0.169 e. The van der Waals surface area contributed by atoms with Crippen molar-refractivity contribution in [2.75, 3.05) is 0 Å². The maximum atomic E-state index is 2.26. The molecule has 0 N–H and O–H groups in total. The molecule has 4 rings (SSSR count). The smallest absolute Gasteiger partial charge is 0.169 e. The first-order valence-electron chi connectivity index (χ1n) is 10.1. The molecule has 0 radical (unpaired) electrons. The number of aryl methyl sites for hydroxylation is 4. The third kappa shape index (κ3) is 4.91. The average molecular weight is 385 g/mol. The molecule has 0 bridgehead atoms. The van der Waals surface area contributed by atoms with Crippen molar-refractivity contribution in [2.45, 2.75) is 19.5 Å². The van der Waals surface area contributed by atoms with Crippen LogP contribution in [0, 0.1) is 0 Å². The third-order valence-electron chi connectivity index (χ3n) is 5.24. The molecule has 0 atom stereocenters. The van der Waals surface area contributed by atoms with E-state index in [0.29, 0.717) is 0 Å². The Labute approximate surface area is 172 Å². The lowest BCUT2D eigenvalue weighted by Crippen LogP contribution is -2.38. The van der Waals surface area contributed by atoms with E-state index in [1.807, 2.05) is 14.1 Å². The quantitative estimate of drug-likeness (QED) is 0.454. The van der Waals surface area contributed by atoms with Gasteiger partial charge in [-0.2, -0.15) is 0 Å². The van der Waals surface area contributed by atoms with Gasteiger partial charge in [-0.1, -0.05) is 0 Å². The molecule has 4 heteroatoms. The molecule has 4 nitrogen and oxygen atoms in total. The number of aromatic nitrogens is 4. The molecule has 4 heterocycles. The zero-order chi connectivity index (χ0) is 20.1. The monoisotopic (exact) mass is 384 g/mol. The highest BCUT2D eigenvalue weighted by Crippen LogP contribution is 2.16. The fourth-order valence-corrected chi connectivity index (χ4v) is 3.42. The summed E-state index contributed by atoms with van der Waals surface area (Å²) < 4.78 is 8.62. The van der Waals surface area contributed by atoms with Crippen molar-refractivity contribution < 1.29 is 18.3 Å². The molecule has 0 unspecified atom stereocenters. The summed E-state index contributed by atoms with van der Waals surface area (Å²) >= 11 is 0. The molecule has 0 saturated heterocycles. The topological polar surface area (TPSA) is 15.5 Å². The van der Waals surface area contributed by atoms with Gasteiger partial charge in [-0.15, -0.1) is 0 Å². The van der Waals surface area contributed by atoms with Crippen molar-refractivity contribution in [3.05, 3.63) is 98.1 Å². The molecule has 0 spiro atoms. The van der Waals surface area contributed by atoms with E-state index < -0.39 is 0 Å². The van der Waals surface area contributed by atoms with E-state index >= 15 is 0 Å². The number of nitrogens with zero attached hydrogens (tertiary/aromatic N) is 4. The highest BCUT2D eigenvalue weighted by atomic mass is 15.0. The van der Waals surface area contributed by atoms with Crippen molar-refractivity contribution in [2.24, 2.45) is 14.1 Å². The van der Waals surface area contributed by atoms with E-state index in [2.05, 4.69) is 116 Å². The predicted molar refractivity (Wildman–Crippen MR) is 111 cm³/mol. The van der Waals surface area contributed by atoms with Crippen LogP contribution in [0.3, 0.4) is 0 Å². The highest BCUT2D eigenvalue weighted by molar-refractivity contribution is 5.61. The van der Waals surface area contributed by atoms with Gasteiger partial charge in [0.2, 0.25) is 0 Å². The lowest BCUT2D eigenvalue weighted by molar-refractivity contribution is -0.726. The first-order valence-corrected chi connectivity index (χ1v) is 10.1. The molecule has 0 amide bonds. The van der Waals surface area contributed by atoms with Crippen LogP contribution >= 0.6 is 0 Å². The Balaban J connectivity index is 1.31. The summed E-state index contributed by atoms with van der Waals surface area (Å²) in [7, 11) is 4.08. The Bertz CT molecular complexity index is 963. The van der Waals surface area contributed by atoms with Crippen LogP contribution in [0.25, 0.3) is 22.3 Å². The van der Waals surface area contributed by atoms with Crippen LogP contribution in [-0.2, 0) is 27.2 Å². The largest absolute Gasteiger partial charge is 0.208 e. The molecule has 0 aliphatic rings. The number of hydrogen-bond acceptors (Lipinski definition) is 0. The van der Waals surface area contributed by atoms with Crippen molar-refractivity contribution in [3.8, 4) is 22.3 Å². The average Bonchev–Trinajstić information content (AvgIpc) is 2.76. The maximum absolute atomic E-state index is 2.26. The van der Waals surface area contributed by atoms with E-state index in [1.54, 1.807) is 0 Å². The minimum absolute atomic E-state index is 1.01. The van der Waals surface area contributed by atoms with Crippen molar-refractivity contribution in [1.82, 2.24) is 0 Å². The molecule has 0 aromatic carbocycles. The molecule has 0 saturated carbocycles. The highest BCUT2D eigenvalue weighted by Gasteiger charge is 2.08. The second kappa shape index (κ2) is 8.74. The van der Waals surface area contributed by atoms with Crippen molar-refractivity contribution >= 4 is 0 Å². The van der Waals surface area contributed by atoms with E-state index in [-0.39, 0.29) is 0 Å². The molecular formula is C25H28N4+4. The fraction of sp³-hybridized carbons (Fsp3) is 0.200. The van der Waals surface area contributed by atoms with Gasteiger partial charge in [0.25, 0.3) is 0 Å². The van der Waals surface area contributed by atoms with Crippen LogP contribution in [0.15, 0.2) is 98.1 Å². The van der Waals surface area contributed by atoms with Crippen LogP contribution in [0.1, 0.15) is 6.42 Å². The molecular weight excluding hydrogens is 356 g/mol. The van der Waals surface area contributed by atoms with Gasteiger partial charge in [0.05, 0.1) is 6.42 Å². The third-order valence-corrected chi connectivity index (χ3v) is 5.24. The summed E-state index contributed by atoms with van der Waals surface area (Å²) in [6.45, 7) is 2.02. The number of hydrogen-bond donors (Lipinski definition) is 0. The van der Waals surface area contributed by atoms with E-state index in [4.69, 9.17) is 0 Å². The van der Waals surface area contributed by atoms with Gasteiger partial charge in [-0.25, -0.2) is 18.3 Å². The second-order valence-electron chi connectivity index (χ2n) is 7.51. The van der Waals surface area contributed by atoms with Crippen molar-refractivity contribution in [3.63, 3.8) is 0 Å². The lowest BCUT2D eigenvalue weighted by atomic mass is 10.1. The first kappa shape index (κ1) is 18.9. The van der Waals surface area contributed by atoms with Gasteiger partial charge in [-0.05, 0) is 22.3 Å². The zero-order valence-corrected chi connectivity index (χ0v) is 17.1. The number of rotatable bonds is 6. The van der Waals surface area contributed by atoms with Crippen LogP contribution in [0.4, 0.5) is 0 Å². The van der Waals surface area contributed by atoms with Gasteiger partial charge in [-0.3, -0.25) is 0 Å². The number of pyridine rings is 4. The normalized spacial score (nSPS) is 10.8. The van der Waals surface area contributed by atoms with Crippen LogP contribution < -0.4 is 18.3 Å². The lowest BCUT2D eigenvalue weighted by Gasteiger charge is -2.01. The zero-order valence-electron chi connectivity index (χ0n) is 17.1. The Kier molecular flexibility index (Phi) is 5.71. The van der Waals surface area contributed by atoms with E-state index in [0.717, 1.165) is 19.5 Å². The van der Waals surface area contributed by atoms with Crippen molar-refractivity contribution in [1.29, 1.82) is 0 Å². The summed E-state index contributed by atoms with van der Waals surface area (Å²) in [6, 6.07) is 17.4. The Hall–Kier alpha value is -3.40. The Morgan fingerprint density at radius 3 is 1.03 bits per heavy atom. The minimum Gasteiger partial charge on any atom is -0.208 e. The van der Waals surface area contributed by atoms with Gasteiger partial charge < -0.3 is 0 Å². The standard InChI is InChI=1S/C25H28N4/c1-26-14-4-22(5-15-26)24-8-18-28(19-9-24)12-3-13-29-20-10-25(11-21-29)23-6-16-27(2)17-7-23/h4-11,14-21H,3,12-13H2,1-2H3/q+4. The van der Waals surface area contributed by atoms with Crippen LogP contribution in [0.5, 0.6) is 0 Å². The molecule has 0 fully saturated rings.